The van der Waals surface area contributed by atoms with E-state index in [0.29, 0.717) is 12.6 Å². The van der Waals surface area contributed by atoms with Gasteiger partial charge in [-0.2, -0.15) is 0 Å². The Bertz CT molecular complexity index is 597. The average molecular weight is 268 g/mol. The molecule has 2 N–H and O–H groups in total. The predicted octanol–water partition coefficient (Wildman–Crippen LogP) is 3.10. The number of fused-ring (bicyclic) bond motifs is 1. The lowest BCUT2D eigenvalue weighted by molar-refractivity contribution is 0.321. The Morgan fingerprint density at radius 2 is 2.05 bits per heavy atom. The fourth-order valence-electron chi connectivity index (χ4n) is 2.84. The molecular formula is C17H20N2O. The summed E-state index contributed by atoms with van der Waals surface area (Å²) in [4.78, 5) is 2.42. The summed E-state index contributed by atoms with van der Waals surface area (Å²) in [7, 11) is 0. The van der Waals surface area contributed by atoms with Gasteiger partial charge >= 0.3 is 0 Å². The topological polar surface area (TPSA) is 38.5 Å². The predicted molar refractivity (Wildman–Crippen MR) is 83.3 cm³/mol. The lowest BCUT2D eigenvalue weighted by atomic mass is 10.1. The van der Waals surface area contributed by atoms with Crippen LogP contribution >= 0.6 is 0 Å². The van der Waals surface area contributed by atoms with E-state index >= 15 is 0 Å². The maximum atomic E-state index is 5.79. The molecule has 0 fully saturated rings. The van der Waals surface area contributed by atoms with Gasteiger partial charge in [-0.05, 0) is 37.1 Å². The SMILES string of the molecule is CC1Cc2ccccc2N1CCOc1cccc(N)c1. The number of hydrogen-bond acceptors (Lipinski definition) is 3. The Balaban J connectivity index is 1.62. The van der Waals surface area contributed by atoms with Gasteiger partial charge in [-0.3, -0.25) is 0 Å². The Labute approximate surface area is 120 Å². The summed E-state index contributed by atoms with van der Waals surface area (Å²) in [5.41, 5.74) is 9.26. The lowest BCUT2D eigenvalue weighted by Crippen LogP contribution is -2.33. The third-order valence-electron chi connectivity index (χ3n) is 3.81. The van der Waals surface area contributed by atoms with Crippen molar-refractivity contribution in [3.05, 3.63) is 54.1 Å². The van der Waals surface area contributed by atoms with E-state index in [1.165, 1.54) is 11.3 Å². The highest BCUT2D eigenvalue weighted by atomic mass is 16.5. The van der Waals surface area contributed by atoms with Gasteiger partial charge in [0.15, 0.2) is 0 Å². The molecule has 0 saturated heterocycles. The van der Waals surface area contributed by atoms with E-state index in [-0.39, 0.29) is 0 Å². The zero-order valence-corrected chi connectivity index (χ0v) is 11.8. The summed E-state index contributed by atoms with van der Waals surface area (Å²) in [6.07, 6.45) is 1.12. The highest BCUT2D eigenvalue weighted by molar-refractivity contribution is 5.59. The normalized spacial score (nSPS) is 17.1. The van der Waals surface area contributed by atoms with Gasteiger partial charge in [0.05, 0.1) is 6.54 Å². The van der Waals surface area contributed by atoms with Crippen LogP contribution in [0.1, 0.15) is 12.5 Å². The molecule has 0 aromatic heterocycles. The van der Waals surface area contributed by atoms with Crippen molar-refractivity contribution in [1.29, 1.82) is 0 Å². The molecule has 1 heterocycles. The molecular weight excluding hydrogens is 248 g/mol. The fraction of sp³-hybridized carbons (Fsp3) is 0.294. The van der Waals surface area contributed by atoms with Crippen LogP contribution in [0, 0.1) is 0 Å². The average Bonchev–Trinajstić information content (AvgIpc) is 2.75. The molecule has 3 nitrogen and oxygen atoms in total. The smallest absolute Gasteiger partial charge is 0.121 e. The van der Waals surface area contributed by atoms with Crippen LogP contribution in [-0.4, -0.2) is 19.2 Å². The zero-order chi connectivity index (χ0) is 13.9. The third-order valence-corrected chi connectivity index (χ3v) is 3.81. The molecule has 2 aromatic rings. The molecule has 0 amide bonds. The first-order valence-corrected chi connectivity index (χ1v) is 7.07. The first-order valence-electron chi connectivity index (χ1n) is 7.07. The van der Waals surface area contributed by atoms with Gasteiger partial charge in [-0.15, -0.1) is 0 Å². The van der Waals surface area contributed by atoms with Crippen LogP contribution < -0.4 is 15.4 Å². The van der Waals surface area contributed by atoms with Crippen molar-refractivity contribution >= 4 is 11.4 Å². The number of nitrogens with two attached hydrogens (primary N) is 1. The highest BCUT2D eigenvalue weighted by Crippen LogP contribution is 2.31. The Hall–Kier alpha value is -2.16. The zero-order valence-electron chi connectivity index (χ0n) is 11.8. The second-order valence-electron chi connectivity index (χ2n) is 5.30. The monoisotopic (exact) mass is 268 g/mol. The van der Waals surface area contributed by atoms with Crippen molar-refractivity contribution in [2.24, 2.45) is 0 Å². The highest BCUT2D eigenvalue weighted by Gasteiger charge is 2.24. The molecule has 1 unspecified atom stereocenters. The largest absolute Gasteiger partial charge is 0.492 e. The molecule has 3 rings (SSSR count). The van der Waals surface area contributed by atoms with Crippen molar-refractivity contribution in [3.8, 4) is 5.75 Å². The number of ether oxygens (including phenoxy) is 1. The van der Waals surface area contributed by atoms with E-state index in [2.05, 4.69) is 36.1 Å². The Kier molecular flexibility index (Phi) is 3.50. The third kappa shape index (κ3) is 2.57. The molecule has 3 heteroatoms. The first-order chi connectivity index (χ1) is 9.74. The summed E-state index contributed by atoms with van der Waals surface area (Å²) in [5.74, 6) is 0.838. The van der Waals surface area contributed by atoms with Crippen LogP contribution in [-0.2, 0) is 6.42 Å². The molecule has 0 spiro atoms. The summed E-state index contributed by atoms with van der Waals surface area (Å²) >= 11 is 0. The van der Waals surface area contributed by atoms with Crippen LogP contribution in [0.5, 0.6) is 5.75 Å². The van der Waals surface area contributed by atoms with E-state index < -0.39 is 0 Å². The number of nitrogens with zero attached hydrogens (tertiary/aromatic N) is 1. The maximum Gasteiger partial charge on any atom is 0.121 e. The Morgan fingerprint density at radius 1 is 1.20 bits per heavy atom. The molecule has 104 valence electrons. The minimum Gasteiger partial charge on any atom is -0.492 e. The molecule has 0 radical (unpaired) electrons. The van der Waals surface area contributed by atoms with E-state index in [1.54, 1.807) is 0 Å². The molecule has 2 aromatic carbocycles. The van der Waals surface area contributed by atoms with Gasteiger partial charge in [-0.25, -0.2) is 0 Å². The molecule has 1 aliphatic rings. The van der Waals surface area contributed by atoms with Crippen molar-refractivity contribution in [2.75, 3.05) is 23.8 Å². The Morgan fingerprint density at radius 3 is 2.90 bits per heavy atom. The minimum absolute atomic E-state index is 0.539. The van der Waals surface area contributed by atoms with Gasteiger partial charge in [-0.1, -0.05) is 24.3 Å². The summed E-state index contributed by atoms with van der Waals surface area (Å²) in [5, 5.41) is 0. The molecule has 0 aliphatic carbocycles. The van der Waals surface area contributed by atoms with Gasteiger partial charge in [0.2, 0.25) is 0 Å². The number of benzene rings is 2. The van der Waals surface area contributed by atoms with E-state index in [9.17, 15) is 0 Å². The van der Waals surface area contributed by atoms with Crippen LogP contribution in [0.15, 0.2) is 48.5 Å². The number of hydrogen-bond donors (Lipinski definition) is 1. The van der Waals surface area contributed by atoms with E-state index in [4.69, 9.17) is 10.5 Å². The first kappa shape index (κ1) is 12.9. The minimum atomic E-state index is 0.539. The van der Waals surface area contributed by atoms with Crippen LogP contribution in [0.2, 0.25) is 0 Å². The lowest BCUT2D eigenvalue weighted by Gasteiger charge is -2.24. The van der Waals surface area contributed by atoms with Crippen molar-refractivity contribution in [2.45, 2.75) is 19.4 Å². The quantitative estimate of drug-likeness (QED) is 0.866. The summed E-state index contributed by atoms with van der Waals surface area (Å²) < 4.78 is 5.79. The fourth-order valence-corrected chi connectivity index (χ4v) is 2.84. The number of nitrogen functional groups attached to an aromatic ring is 1. The van der Waals surface area contributed by atoms with Crippen molar-refractivity contribution < 1.29 is 4.74 Å². The molecule has 20 heavy (non-hydrogen) atoms. The van der Waals surface area contributed by atoms with Crippen molar-refractivity contribution in [1.82, 2.24) is 0 Å². The maximum absolute atomic E-state index is 5.79. The van der Waals surface area contributed by atoms with Gasteiger partial charge < -0.3 is 15.4 Å². The van der Waals surface area contributed by atoms with E-state index in [1.807, 2.05) is 24.3 Å². The van der Waals surface area contributed by atoms with Crippen LogP contribution in [0.3, 0.4) is 0 Å². The van der Waals surface area contributed by atoms with Crippen molar-refractivity contribution in [3.63, 3.8) is 0 Å². The summed E-state index contributed by atoms with van der Waals surface area (Å²) in [6.45, 7) is 3.83. The standard InChI is InChI=1S/C17H20N2O/c1-13-11-14-5-2-3-8-17(14)19(13)9-10-20-16-7-4-6-15(18)12-16/h2-8,12-13H,9-11,18H2,1H3. The number of anilines is 2. The van der Waals surface area contributed by atoms with E-state index in [0.717, 1.165) is 24.4 Å². The molecule has 1 aliphatic heterocycles. The second kappa shape index (κ2) is 5.45. The number of para-hydroxylation sites is 1. The van der Waals surface area contributed by atoms with Crippen LogP contribution in [0.25, 0.3) is 0 Å². The molecule has 0 bridgehead atoms. The van der Waals surface area contributed by atoms with Gasteiger partial charge in [0.25, 0.3) is 0 Å². The van der Waals surface area contributed by atoms with Gasteiger partial charge in [0, 0.05) is 23.5 Å². The van der Waals surface area contributed by atoms with Gasteiger partial charge in [0.1, 0.15) is 12.4 Å². The molecule has 0 saturated carbocycles. The molecule has 1 atom stereocenters. The van der Waals surface area contributed by atoms with Crippen LogP contribution in [0.4, 0.5) is 11.4 Å². The summed E-state index contributed by atoms with van der Waals surface area (Å²) in [6, 6.07) is 16.7. The second-order valence-corrected chi connectivity index (χ2v) is 5.30. The number of rotatable bonds is 4.